The number of rotatable bonds is 1. The van der Waals surface area contributed by atoms with Gasteiger partial charge in [-0.2, -0.15) is 0 Å². The van der Waals surface area contributed by atoms with Crippen molar-refractivity contribution in [3.8, 4) is 0 Å². The molecule has 0 unspecified atom stereocenters. The second-order valence-corrected chi connectivity index (χ2v) is 3.31. The van der Waals surface area contributed by atoms with Gasteiger partial charge >= 0.3 is 5.97 Å². The second kappa shape index (κ2) is 3.36. The number of hydrogen-bond donors (Lipinski definition) is 2. The molecule has 5 nitrogen and oxygen atoms in total. The van der Waals surface area contributed by atoms with E-state index in [1.54, 1.807) is 12.3 Å². The van der Waals surface area contributed by atoms with Gasteiger partial charge in [0.25, 0.3) is 0 Å². The van der Waals surface area contributed by atoms with Crippen molar-refractivity contribution in [1.29, 1.82) is 0 Å². The summed E-state index contributed by atoms with van der Waals surface area (Å²) in [5.74, 6) is -0.582. The predicted molar refractivity (Wildman–Crippen MR) is 53.9 cm³/mol. The standard InChI is InChI=1S/C10H10N2O3/c1-6-3-2-4-12-8(6)11-5-7(9(12)13)10(14)15/h2-5,9,13H,1H3,(H,14,15)/t9-/m1/s1. The van der Waals surface area contributed by atoms with Crippen molar-refractivity contribution in [2.45, 2.75) is 13.2 Å². The lowest BCUT2D eigenvalue weighted by molar-refractivity contribution is -0.134. The van der Waals surface area contributed by atoms with E-state index in [2.05, 4.69) is 4.99 Å². The van der Waals surface area contributed by atoms with Gasteiger partial charge < -0.3 is 15.1 Å². The number of hydrogen-bond acceptors (Lipinski definition) is 4. The van der Waals surface area contributed by atoms with Crippen molar-refractivity contribution >= 4 is 11.8 Å². The summed E-state index contributed by atoms with van der Waals surface area (Å²) in [4.78, 5) is 16.2. The summed E-state index contributed by atoms with van der Waals surface area (Å²) in [6.07, 6.45) is 5.21. The molecule has 2 rings (SSSR count). The molecule has 2 N–H and O–H groups in total. The topological polar surface area (TPSA) is 73.1 Å². The zero-order chi connectivity index (χ0) is 11.0. The number of aliphatic carboxylic acids is 1. The van der Waals surface area contributed by atoms with E-state index in [1.807, 2.05) is 13.0 Å². The minimum absolute atomic E-state index is 0.127. The molecule has 0 amide bonds. The van der Waals surface area contributed by atoms with Gasteiger partial charge in [0.15, 0.2) is 6.23 Å². The highest BCUT2D eigenvalue weighted by Gasteiger charge is 2.30. The zero-order valence-electron chi connectivity index (χ0n) is 8.08. The number of amidine groups is 1. The molecule has 78 valence electrons. The lowest BCUT2D eigenvalue weighted by Crippen LogP contribution is -2.42. The molecule has 0 bridgehead atoms. The summed E-state index contributed by atoms with van der Waals surface area (Å²) in [5, 5.41) is 18.6. The van der Waals surface area contributed by atoms with E-state index in [9.17, 15) is 9.90 Å². The first-order valence-electron chi connectivity index (χ1n) is 4.44. The normalized spacial score (nSPS) is 24.0. The van der Waals surface area contributed by atoms with Gasteiger partial charge in [0.2, 0.25) is 0 Å². The van der Waals surface area contributed by atoms with Crippen molar-refractivity contribution in [2.75, 3.05) is 0 Å². The van der Waals surface area contributed by atoms with Gasteiger partial charge in [-0.3, -0.25) is 0 Å². The molecule has 0 aromatic carbocycles. The lowest BCUT2D eigenvalue weighted by atomic mass is 10.1. The highest BCUT2D eigenvalue weighted by molar-refractivity contribution is 6.02. The van der Waals surface area contributed by atoms with Crippen molar-refractivity contribution < 1.29 is 15.0 Å². The van der Waals surface area contributed by atoms with Gasteiger partial charge in [-0.05, 0) is 18.6 Å². The third-order valence-electron chi connectivity index (χ3n) is 2.30. The Bertz CT molecular complexity index is 432. The Morgan fingerprint density at radius 1 is 1.60 bits per heavy atom. The van der Waals surface area contributed by atoms with Crippen LogP contribution in [0.1, 0.15) is 6.92 Å². The van der Waals surface area contributed by atoms with Crippen molar-refractivity contribution in [2.24, 2.45) is 4.99 Å². The van der Waals surface area contributed by atoms with Gasteiger partial charge in [-0.1, -0.05) is 6.08 Å². The van der Waals surface area contributed by atoms with E-state index >= 15 is 0 Å². The molecule has 2 aliphatic heterocycles. The van der Waals surface area contributed by atoms with Crippen LogP contribution in [-0.2, 0) is 4.79 Å². The Kier molecular flexibility index (Phi) is 2.17. The summed E-state index contributed by atoms with van der Waals surface area (Å²) in [5.41, 5.74) is 0.760. The van der Waals surface area contributed by atoms with Crippen LogP contribution in [0.25, 0.3) is 0 Å². The third-order valence-corrected chi connectivity index (χ3v) is 2.30. The number of aliphatic imine (C=N–C) groups is 1. The largest absolute Gasteiger partial charge is 0.478 e. The lowest BCUT2D eigenvalue weighted by Gasteiger charge is -2.32. The van der Waals surface area contributed by atoms with Crippen LogP contribution in [-0.4, -0.2) is 33.1 Å². The molecule has 0 spiro atoms. The molecular formula is C10H10N2O3. The Hall–Kier alpha value is -1.88. The molecule has 15 heavy (non-hydrogen) atoms. The average Bonchev–Trinajstić information content (AvgIpc) is 2.19. The molecule has 0 aliphatic carbocycles. The minimum atomic E-state index is -1.17. The van der Waals surface area contributed by atoms with Crippen LogP contribution in [0.4, 0.5) is 0 Å². The summed E-state index contributed by atoms with van der Waals surface area (Å²) in [7, 11) is 0. The van der Waals surface area contributed by atoms with E-state index in [0.29, 0.717) is 5.84 Å². The van der Waals surface area contributed by atoms with Crippen LogP contribution in [0.3, 0.4) is 0 Å². The van der Waals surface area contributed by atoms with Gasteiger partial charge in [0, 0.05) is 12.4 Å². The summed E-state index contributed by atoms with van der Waals surface area (Å²) in [6, 6.07) is 0. The quantitative estimate of drug-likeness (QED) is 0.653. The SMILES string of the molecule is CC1=CC=CN2C1=NC=C(C(=O)O)[C@H]2O. The first-order valence-corrected chi connectivity index (χ1v) is 4.44. The van der Waals surface area contributed by atoms with E-state index < -0.39 is 12.2 Å². The third kappa shape index (κ3) is 1.46. The molecular weight excluding hydrogens is 196 g/mol. The smallest absolute Gasteiger partial charge is 0.337 e. The van der Waals surface area contributed by atoms with Crippen molar-refractivity contribution in [1.82, 2.24) is 4.90 Å². The second-order valence-electron chi connectivity index (χ2n) is 3.31. The number of aliphatic hydroxyl groups is 1. The van der Waals surface area contributed by atoms with Gasteiger partial charge in [-0.15, -0.1) is 0 Å². The summed E-state index contributed by atoms with van der Waals surface area (Å²) >= 11 is 0. The van der Waals surface area contributed by atoms with Crippen LogP contribution in [0, 0.1) is 0 Å². The van der Waals surface area contributed by atoms with Crippen LogP contribution >= 0.6 is 0 Å². The fourth-order valence-corrected chi connectivity index (χ4v) is 1.51. The maximum absolute atomic E-state index is 10.8. The number of carboxylic acid groups (broad SMARTS) is 1. The van der Waals surface area contributed by atoms with Crippen molar-refractivity contribution in [3.05, 3.63) is 35.7 Å². The Balaban J connectivity index is 2.44. The summed E-state index contributed by atoms with van der Waals surface area (Å²) < 4.78 is 0. The maximum Gasteiger partial charge on any atom is 0.337 e. The Labute approximate surface area is 86.3 Å². The van der Waals surface area contributed by atoms with Crippen molar-refractivity contribution in [3.63, 3.8) is 0 Å². The Morgan fingerprint density at radius 3 is 3.00 bits per heavy atom. The molecule has 2 aliphatic rings. The molecule has 5 heteroatoms. The first kappa shape index (κ1) is 9.67. The van der Waals surface area contributed by atoms with Gasteiger partial charge in [0.1, 0.15) is 11.4 Å². The van der Waals surface area contributed by atoms with E-state index in [-0.39, 0.29) is 5.57 Å². The van der Waals surface area contributed by atoms with Crippen LogP contribution < -0.4 is 0 Å². The highest BCUT2D eigenvalue weighted by atomic mass is 16.4. The van der Waals surface area contributed by atoms with E-state index in [0.717, 1.165) is 5.57 Å². The number of allylic oxidation sites excluding steroid dienone is 2. The summed E-state index contributed by atoms with van der Waals surface area (Å²) in [6.45, 7) is 1.85. The first-order chi connectivity index (χ1) is 7.11. The number of carbonyl (C=O) groups is 1. The fraction of sp³-hybridized carbons (Fsp3) is 0.200. The molecule has 2 heterocycles. The molecule has 0 radical (unpaired) electrons. The molecule has 0 aromatic rings. The molecule has 0 fully saturated rings. The van der Waals surface area contributed by atoms with Gasteiger partial charge in [-0.25, -0.2) is 9.79 Å². The molecule has 0 saturated carbocycles. The number of nitrogens with zero attached hydrogens (tertiary/aromatic N) is 2. The number of carboxylic acids is 1. The monoisotopic (exact) mass is 206 g/mol. The van der Waals surface area contributed by atoms with Gasteiger partial charge in [0.05, 0.1) is 0 Å². The zero-order valence-corrected chi connectivity index (χ0v) is 8.08. The molecule has 0 aromatic heterocycles. The van der Waals surface area contributed by atoms with Crippen LogP contribution in [0.5, 0.6) is 0 Å². The fourth-order valence-electron chi connectivity index (χ4n) is 1.51. The number of aliphatic hydroxyl groups excluding tert-OH is 1. The van der Waals surface area contributed by atoms with Crippen LogP contribution in [0.15, 0.2) is 40.7 Å². The molecule has 1 atom stereocenters. The average molecular weight is 206 g/mol. The van der Waals surface area contributed by atoms with E-state index in [4.69, 9.17) is 5.11 Å². The van der Waals surface area contributed by atoms with Crippen LogP contribution in [0.2, 0.25) is 0 Å². The highest BCUT2D eigenvalue weighted by Crippen LogP contribution is 2.21. The predicted octanol–water partition coefficient (Wildman–Crippen LogP) is 0.461. The minimum Gasteiger partial charge on any atom is -0.478 e. The molecule has 0 saturated heterocycles. The maximum atomic E-state index is 10.8. The number of fused-ring (bicyclic) bond motifs is 1. The Morgan fingerprint density at radius 2 is 2.33 bits per heavy atom. The van der Waals surface area contributed by atoms with E-state index in [1.165, 1.54) is 11.1 Å².